The number of benzene rings is 2. The van der Waals surface area contributed by atoms with Gasteiger partial charge in [0, 0.05) is 32.2 Å². The molecule has 5 nitrogen and oxygen atoms in total. The monoisotopic (exact) mass is 491 g/mol. The van der Waals surface area contributed by atoms with Crippen molar-refractivity contribution in [2.45, 2.75) is 31.2 Å². The van der Waals surface area contributed by atoms with Crippen LogP contribution in [0.15, 0.2) is 56.9 Å². The summed E-state index contributed by atoms with van der Waals surface area (Å²) in [4.78, 5) is 32.1. The smallest absolute Gasteiger partial charge is 0.255 e. The van der Waals surface area contributed by atoms with E-state index in [-0.39, 0.29) is 17.9 Å². The quantitative estimate of drug-likeness (QED) is 0.363. The van der Waals surface area contributed by atoms with Crippen LogP contribution in [0.5, 0.6) is 0 Å². The second kappa shape index (κ2) is 9.61. The number of halogens is 2. The number of anilines is 1. The van der Waals surface area contributed by atoms with E-state index >= 15 is 0 Å². The summed E-state index contributed by atoms with van der Waals surface area (Å²) in [5, 5.41) is 4.00. The molecule has 8 heteroatoms. The van der Waals surface area contributed by atoms with Crippen LogP contribution in [0.3, 0.4) is 0 Å². The number of hydrogen-bond donors (Lipinski definition) is 2. The molecule has 0 unspecified atom stereocenters. The summed E-state index contributed by atoms with van der Waals surface area (Å²) in [5.41, 5.74) is 3.35. The maximum absolute atomic E-state index is 12.5. The van der Waals surface area contributed by atoms with Gasteiger partial charge in [-0.25, -0.2) is 4.98 Å². The Morgan fingerprint density at radius 1 is 1.24 bits per heavy atom. The number of aromatic nitrogens is 2. The lowest BCUT2D eigenvalue weighted by Gasteiger charge is -2.09. The summed E-state index contributed by atoms with van der Waals surface area (Å²) in [7, 11) is 0. The minimum absolute atomic E-state index is 0.0392. The molecule has 150 valence electrons. The van der Waals surface area contributed by atoms with E-state index in [1.54, 1.807) is 13.0 Å². The van der Waals surface area contributed by atoms with Crippen LogP contribution >= 0.6 is 39.3 Å². The summed E-state index contributed by atoms with van der Waals surface area (Å²) in [6, 6.07) is 13.1. The van der Waals surface area contributed by atoms with Crippen LogP contribution in [0.25, 0.3) is 0 Å². The lowest BCUT2D eigenvalue weighted by Crippen LogP contribution is -2.23. The molecule has 0 bridgehead atoms. The molecule has 2 aromatic carbocycles. The highest BCUT2D eigenvalue weighted by Crippen LogP contribution is 2.22. The van der Waals surface area contributed by atoms with E-state index in [0.29, 0.717) is 32.9 Å². The molecule has 2 N–H and O–H groups in total. The SMILES string of the molecule is Cc1cc(NC(=O)Cc2c(C)nc(SCc3cccc(Cl)c3)[nH]c2=O)ccc1Br. The van der Waals surface area contributed by atoms with Gasteiger partial charge in [-0.2, -0.15) is 0 Å². The Labute approximate surface area is 186 Å². The number of aromatic amines is 1. The van der Waals surface area contributed by atoms with Crippen molar-refractivity contribution in [3.05, 3.63) is 84.7 Å². The second-order valence-electron chi connectivity index (χ2n) is 6.54. The van der Waals surface area contributed by atoms with Crippen LogP contribution in [0.4, 0.5) is 5.69 Å². The molecule has 0 atom stereocenters. The lowest BCUT2D eigenvalue weighted by molar-refractivity contribution is -0.115. The van der Waals surface area contributed by atoms with Crippen LogP contribution < -0.4 is 10.9 Å². The first kappa shape index (κ1) is 21.6. The van der Waals surface area contributed by atoms with E-state index in [2.05, 4.69) is 31.2 Å². The first-order chi connectivity index (χ1) is 13.8. The van der Waals surface area contributed by atoms with Crippen LogP contribution in [0.2, 0.25) is 5.02 Å². The Morgan fingerprint density at radius 2 is 2.03 bits per heavy atom. The predicted octanol–water partition coefficient (Wildman–Crippen LogP) is 5.28. The lowest BCUT2D eigenvalue weighted by atomic mass is 10.1. The standard InChI is InChI=1S/C21H19BrClN3O2S/c1-12-8-16(6-7-18(12)22)25-19(27)10-17-13(2)24-21(26-20(17)28)29-11-14-4-3-5-15(23)9-14/h3-9H,10-11H2,1-2H3,(H,25,27)(H,24,26,28). The molecule has 1 heterocycles. The molecule has 3 aromatic rings. The Kier molecular flexibility index (Phi) is 7.16. The second-order valence-corrected chi connectivity index (χ2v) is 8.80. The molecule has 0 saturated carbocycles. The number of nitrogens with zero attached hydrogens (tertiary/aromatic N) is 1. The van der Waals surface area contributed by atoms with Gasteiger partial charge in [0.1, 0.15) is 0 Å². The number of aryl methyl sites for hydroxylation is 2. The van der Waals surface area contributed by atoms with Crippen LogP contribution in [-0.2, 0) is 17.0 Å². The van der Waals surface area contributed by atoms with Crippen molar-refractivity contribution in [2.75, 3.05) is 5.32 Å². The van der Waals surface area contributed by atoms with E-state index in [1.165, 1.54) is 11.8 Å². The maximum Gasteiger partial charge on any atom is 0.255 e. The van der Waals surface area contributed by atoms with Crippen molar-refractivity contribution in [3.8, 4) is 0 Å². The summed E-state index contributed by atoms with van der Waals surface area (Å²) >= 11 is 10.8. The third kappa shape index (κ3) is 5.95. The van der Waals surface area contributed by atoms with Gasteiger partial charge in [-0.1, -0.05) is 51.4 Å². The maximum atomic E-state index is 12.5. The number of nitrogens with one attached hydrogen (secondary N) is 2. The first-order valence-electron chi connectivity index (χ1n) is 8.85. The van der Waals surface area contributed by atoms with Gasteiger partial charge in [0.2, 0.25) is 5.91 Å². The summed E-state index contributed by atoms with van der Waals surface area (Å²) in [5.74, 6) is 0.368. The number of H-pyrrole nitrogens is 1. The molecule has 1 aromatic heterocycles. The van der Waals surface area contributed by atoms with Crippen molar-refractivity contribution in [3.63, 3.8) is 0 Å². The van der Waals surface area contributed by atoms with E-state index in [0.717, 1.165) is 15.6 Å². The van der Waals surface area contributed by atoms with Gasteiger partial charge in [0.05, 0.1) is 6.42 Å². The summed E-state index contributed by atoms with van der Waals surface area (Å²) < 4.78 is 0.970. The van der Waals surface area contributed by atoms with Crippen molar-refractivity contribution >= 4 is 50.9 Å². The average molecular weight is 493 g/mol. The minimum Gasteiger partial charge on any atom is -0.326 e. The predicted molar refractivity (Wildman–Crippen MR) is 122 cm³/mol. The molecule has 0 aliphatic rings. The number of rotatable bonds is 6. The molecule has 0 fully saturated rings. The number of carbonyl (C=O) groups excluding carboxylic acids is 1. The normalized spacial score (nSPS) is 10.8. The number of amides is 1. The largest absolute Gasteiger partial charge is 0.326 e. The highest BCUT2D eigenvalue weighted by molar-refractivity contribution is 9.10. The molecule has 0 aliphatic heterocycles. The zero-order chi connectivity index (χ0) is 21.0. The molecule has 1 amide bonds. The van der Waals surface area contributed by atoms with Crippen molar-refractivity contribution in [2.24, 2.45) is 0 Å². The van der Waals surface area contributed by atoms with Gasteiger partial charge < -0.3 is 10.3 Å². The van der Waals surface area contributed by atoms with Crippen LogP contribution in [0.1, 0.15) is 22.4 Å². The molecule has 0 saturated heterocycles. The Bertz CT molecular complexity index is 1120. The molecule has 0 spiro atoms. The third-order valence-corrected chi connectivity index (χ3v) is 6.31. The van der Waals surface area contributed by atoms with E-state index in [4.69, 9.17) is 11.6 Å². The van der Waals surface area contributed by atoms with E-state index in [9.17, 15) is 9.59 Å². The Morgan fingerprint density at radius 3 is 2.72 bits per heavy atom. The van der Waals surface area contributed by atoms with Crippen molar-refractivity contribution < 1.29 is 4.79 Å². The number of thioether (sulfide) groups is 1. The van der Waals surface area contributed by atoms with Crippen LogP contribution in [0, 0.1) is 13.8 Å². The van der Waals surface area contributed by atoms with Crippen molar-refractivity contribution in [1.82, 2.24) is 9.97 Å². The van der Waals surface area contributed by atoms with Gasteiger partial charge in [0.15, 0.2) is 5.16 Å². The van der Waals surface area contributed by atoms with Gasteiger partial charge in [0.25, 0.3) is 5.56 Å². The first-order valence-corrected chi connectivity index (χ1v) is 11.0. The topological polar surface area (TPSA) is 74.8 Å². The molecule has 29 heavy (non-hydrogen) atoms. The fourth-order valence-electron chi connectivity index (χ4n) is 2.73. The van der Waals surface area contributed by atoms with Gasteiger partial charge >= 0.3 is 0 Å². The fraction of sp³-hybridized carbons (Fsp3) is 0.190. The summed E-state index contributed by atoms with van der Waals surface area (Å²) in [6.45, 7) is 3.68. The third-order valence-electron chi connectivity index (χ3n) is 4.24. The average Bonchev–Trinajstić information content (AvgIpc) is 2.66. The highest BCUT2D eigenvalue weighted by atomic mass is 79.9. The molecule has 0 aliphatic carbocycles. The molecular formula is C21H19BrClN3O2S. The number of carbonyl (C=O) groups is 1. The van der Waals surface area contributed by atoms with E-state index < -0.39 is 0 Å². The fourth-order valence-corrected chi connectivity index (χ4v) is 4.04. The Balaban J connectivity index is 1.67. The zero-order valence-electron chi connectivity index (χ0n) is 15.9. The zero-order valence-corrected chi connectivity index (χ0v) is 19.0. The molecular weight excluding hydrogens is 474 g/mol. The highest BCUT2D eigenvalue weighted by Gasteiger charge is 2.14. The van der Waals surface area contributed by atoms with Gasteiger partial charge in [-0.3, -0.25) is 9.59 Å². The molecule has 3 rings (SSSR count). The van der Waals surface area contributed by atoms with Crippen LogP contribution in [-0.4, -0.2) is 15.9 Å². The van der Waals surface area contributed by atoms with Crippen molar-refractivity contribution in [1.29, 1.82) is 0 Å². The Hall–Kier alpha value is -2.09. The van der Waals surface area contributed by atoms with Gasteiger partial charge in [-0.05, 0) is 55.3 Å². The van der Waals surface area contributed by atoms with E-state index in [1.807, 2.05) is 43.3 Å². The number of hydrogen-bond acceptors (Lipinski definition) is 4. The van der Waals surface area contributed by atoms with Gasteiger partial charge in [-0.15, -0.1) is 0 Å². The minimum atomic E-state index is -0.298. The molecule has 0 radical (unpaired) electrons. The summed E-state index contributed by atoms with van der Waals surface area (Å²) in [6.07, 6.45) is -0.0392.